The maximum absolute atomic E-state index is 5.82. The summed E-state index contributed by atoms with van der Waals surface area (Å²) in [6, 6.07) is 9.07. The molecule has 1 aliphatic heterocycles. The standard InChI is InChI=1S/C16H26N2O/c1-12(2)14-8-6-13(7-9-14)11-15(18-17)16-5-3-4-10-19-16/h6-9,12,15-16,18H,3-5,10-11,17H2,1-2H3. The molecule has 0 saturated carbocycles. The first kappa shape index (κ1) is 14.5. The van der Waals surface area contributed by atoms with Gasteiger partial charge in [0, 0.05) is 6.61 Å². The van der Waals surface area contributed by atoms with E-state index in [9.17, 15) is 0 Å². The highest BCUT2D eigenvalue weighted by atomic mass is 16.5. The van der Waals surface area contributed by atoms with Crippen LogP contribution in [-0.2, 0) is 11.2 Å². The molecule has 1 aliphatic rings. The quantitative estimate of drug-likeness (QED) is 0.633. The highest BCUT2D eigenvalue weighted by Gasteiger charge is 2.23. The van der Waals surface area contributed by atoms with E-state index in [4.69, 9.17) is 10.6 Å². The Bertz CT molecular complexity index is 369. The second-order valence-corrected chi connectivity index (χ2v) is 5.78. The molecule has 0 spiro atoms. The van der Waals surface area contributed by atoms with Crippen molar-refractivity contribution in [3.05, 3.63) is 35.4 Å². The molecule has 2 unspecified atom stereocenters. The number of nitrogens with two attached hydrogens (primary N) is 1. The lowest BCUT2D eigenvalue weighted by molar-refractivity contribution is -0.00744. The lowest BCUT2D eigenvalue weighted by Gasteiger charge is -2.30. The lowest BCUT2D eigenvalue weighted by atomic mass is 9.95. The van der Waals surface area contributed by atoms with Crippen molar-refractivity contribution in [2.75, 3.05) is 6.61 Å². The van der Waals surface area contributed by atoms with Gasteiger partial charge in [-0.05, 0) is 42.7 Å². The Hall–Kier alpha value is -0.900. The Morgan fingerprint density at radius 2 is 2.00 bits per heavy atom. The Balaban J connectivity index is 1.97. The van der Waals surface area contributed by atoms with Crippen molar-refractivity contribution < 1.29 is 4.74 Å². The maximum atomic E-state index is 5.82. The van der Waals surface area contributed by atoms with Crippen molar-refractivity contribution in [2.24, 2.45) is 5.84 Å². The van der Waals surface area contributed by atoms with E-state index in [0.29, 0.717) is 5.92 Å². The summed E-state index contributed by atoms with van der Waals surface area (Å²) in [7, 11) is 0. The van der Waals surface area contributed by atoms with Crippen molar-refractivity contribution in [1.29, 1.82) is 0 Å². The summed E-state index contributed by atoms with van der Waals surface area (Å²) in [6.07, 6.45) is 4.72. The molecule has 106 valence electrons. The fourth-order valence-corrected chi connectivity index (χ4v) is 2.67. The number of rotatable bonds is 5. The molecule has 19 heavy (non-hydrogen) atoms. The Morgan fingerprint density at radius 3 is 2.53 bits per heavy atom. The highest BCUT2D eigenvalue weighted by molar-refractivity contribution is 5.25. The topological polar surface area (TPSA) is 47.3 Å². The zero-order chi connectivity index (χ0) is 13.7. The summed E-state index contributed by atoms with van der Waals surface area (Å²) in [6.45, 7) is 5.30. The van der Waals surface area contributed by atoms with E-state index in [1.165, 1.54) is 24.0 Å². The molecule has 1 aromatic rings. The lowest BCUT2D eigenvalue weighted by Crippen LogP contribution is -2.47. The van der Waals surface area contributed by atoms with Crippen molar-refractivity contribution in [3.8, 4) is 0 Å². The summed E-state index contributed by atoms with van der Waals surface area (Å²) in [5.41, 5.74) is 5.64. The van der Waals surface area contributed by atoms with Gasteiger partial charge >= 0.3 is 0 Å². The van der Waals surface area contributed by atoms with Crippen LogP contribution in [0.4, 0.5) is 0 Å². The van der Waals surface area contributed by atoms with Crippen LogP contribution in [0, 0.1) is 0 Å². The molecule has 1 heterocycles. The predicted octanol–water partition coefficient (Wildman–Crippen LogP) is 2.75. The molecule has 2 rings (SSSR count). The zero-order valence-corrected chi connectivity index (χ0v) is 12.1. The van der Waals surface area contributed by atoms with Gasteiger partial charge in [-0.3, -0.25) is 11.3 Å². The molecule has 0 amide bonds. The number of hydrogen-bond donors (Lipinski definition) is 2. The maximum Gasteiger partial charge on any atom is 0.0744 e. The molecule has 3 N–H and O–H groups in total. The van der Waals surface area contributed by atoms with Gasteiger partial charge in [0.05, 0.1) is 12.1 Å². The summed E-state index contributed by atoms with van der Waals surface area (Å²) < 4.78 is 5.82. The number of hydrazine groups is 1. The molecule has 0 aliphatic carbocycles. The van der Waals surface area contributed by atoms with Crippen LogP contribution in [-0.4, -0.2) is 18.8 Å². The SMILES string of the molecule is CC(C)c1ccc(CC(NN)C2CCCCO2)cc1. The minimum absolute atomic E-state index is 0.213. The van der Waals surface area contributed by atoms with Crippen LogP contribution in [0.5, 0.6) is 0 Å². The van der Waals surface area contributed by atoms with Gasteiger partial charge in [0.15, 0.2) is 0 Å². The van der Waals surface area contributed by atoms with Crippen molar-refractivity contribution in [1.82, 2.24) is 5.43 Å². The summed E-state index contributed by atoms with van der Waals surface area (Å²) in [5, 5.41) is 0. The van der Waals surface area contributed by atoms with E-state index in [1.807, 2.05) is 0 Å². The number of hydrogen-bond acceptors (Lipinski definition) is 3. The van der Waals surface area contributed by atoms with Crippen LogP contribution in [0.25, 0.3) is 0 Å². The second kappa shape index (κ2) is 7.04. The smallest absolute Gasteiger partial charge is 0.0744 e. The van der Waals surface area contributed by atoms with Crippen molar-refractivity contribution in [2.45, 2.75) is 57.6 Å². The predicted molar refractivity (Wildman–Crippen MR) is 78.9 cm³/mol. The van der Waals surface area contributed by atoms with Gasteiger partial charge in [-0.1, -0.05) is 38.1 Å². The van der Waals surface area contributed by atoms with Gasteiger partial charge in [0.1, 0.15) is 0 Å². The summed E-state index contributed by atoms with van der Waals surface area (Å²) >= 11 is 0. The van der Waals surface area contributed by atoms with E-state index in [0.717, 1.165) is 19.4 Å². The van der Waals surface area contributed by atoms with E-state index < -0.39 is 0 Å². The van der Waals surface area contributed by atoms with Crippen LogP contribution in [0.15, 0.2) is 24.3 Å². The van der Waals surface area contributed by atoms with Crippen molar-refractivity contribution >= 4 is 0 Å². The molecular formula is C16H26N2O. The van der Waals surface area contributed by atoms with Gasteiger partial charge in [0.2, 0.25) is 0 Å². The first-order valence-corrected chi connectivity index (χ1v) is 7.37. The number of benzene rings is 1. The molecule has 0 bridgehead atoms. The van der Waals surface area contributed by atoms with Gasteiger partial charge in [-0.2, -0.15) is 0 Å². The molecule has 2 atom stereocenters. The first-order valence-electron chi connectivity index (χ1n) is 7.37. The van der Waals surface area contributed by atoms with E-state index in [-0.39, 0.29) is 12.1 Å². The van der Waals surface area contributed by atoms with Crippen LogP contribution in [0.1, 0.15) is 50.2 Å². The molecular weight excluding hydrogens is 236 g/mol. The molecule has 0 radical (unpaired) electrons. The largest absolute Gasteiger partial charge is 0.377 e. The molecule has 3 nitrogen and oxygen atoms in total. The molecule has 1 saturated heterocycles. The van der Waals surface area contributed by atoms with Crippen LogP contribution >= 0.6 is 0 Å². The Labute approximate surface area is 116 Å². The van der Waals surface area contributed by atoms with Gasteiger partial charge in [-0.15, -0.1) is 0 Å². The van der Waals surface area contributed by atoms with Gasteiger partial charge in [0.25, 0.3) is 0 Å². The van der Waals surface area contributed by atoms with E-state index in [1.54, 1.807) is 0 Å². The average molecular weight is 262 g/mol. The Morgan fingerprint density at radius 1 is 1.26 bits per heavy atom. The monoisotopic (exact) mass is 262 g/mol. The van der Waals surface area contributed by atoms with Crippen LogP contribution in [0.2, 0.25) is 0 Å². The van der Waals surface area contributed by atoms with Crippen LogP contribution < -0.4 is 11.3 Å². The average Bonchev–Trinajstić information content (AvgIpc) is 2.46. The number of ether oxygens (including phenoxy) is 1. The molecule has 1 aromatic carbocycles. The minimum Gasteiger partial charge on any atom is -0.377 e. The van der Waals surface area contributed by atoms with E-state index in [2.05, 4.69) is 43.5 Å². The highest BCUT2D eigenvalue weighted by Crippen LogP contribution is 2.20. The van der Waals surface area contributed by atoms with Crippen molar-refractivity contribution in [3.63, 3.8) is 0 Å². The molecule has 0 aromatic heterocycles. The van der Waals surface area contributed by atoms with Gasteiger partial charge in [-0.25, -0.2) is 0 Å². The van der Waals surface area contributed by atoms with Gasteiger partial charge < -0.3 is 4.74 Å². The third-order valence-electron chi connectivity index (χ3n) is 3.98. The third kappa shape index (κ3) is 4.03. The molecule has 3 heteroatoms. The summed E-state index contributed by atoms with van der Waals surface area (Å²) in [4.78, 5) is 0. The summed E-state index contributed by atoms with van der Waals surface area (Å²) in [5.74, 6) is 6.28. The second-order valence-electron chi connectivity index (χ2n) is 5.78. The minimum atomic E-state index is 0.213. The normalized spacial score (nSPS) is 21.6. The van der Waals surface area contributed by atoms with E-state index >= 15 is 0 Å². The number of nitrogens with one attached hydrogen (secondary N) is 1. The Kier molecular flexibility index (Phi) is 5.37. The fourth-order valence-electron chi connectivity index (χ4n) is 2.67. The van der Waals surface area contributed by atoms with Crippen LogP contribution in [0.3, 0.4) is 0 Å². The molecule has 1 fully saturated rings. The third-order valence-corrected chi connectivity index (χ3v) is 3.98. The fraction of sp³-hybridized carbons (Fsp3) is 0.625. The zero-order valence-electron chi connectivity index (χ0n) is 12.1. The first-order chi connectivity index (χ1) is 9.20.